The van der Waals surface area contributed by atoms with E-state index in [4.69, 9.17) is 39.5 Å². The first-order valence-electron chi connectivity index (χ1n) is 10.5. The number of anilines is 4. The molecule has 0 aliphatic carbocycles. The smallest absolute Gasteiger partial charge is 0.394 e. The number of benzene rings is 2. The number of halogens is 1. The lowest BCUT2D eigenvalue weighted by Gasteiger charge is -2.11. The van der Waals surface area contributed by atoms with Crippen LogP contribution in [-0.4, -0.2) is 48.4 Å². The first-order valence-corrected chi connectivity index (χ1v) is 13.3. The summed E-state index contributed by atoms with van der Waals surface area (Å²) in [4.78, 5) is 19.7. The van der Waals surface area contributed by atoms with Gasteiger partial charge in [0.15, 0.2) is 0 Å². The minimum absolute atomic E-state index is 0.0161. The van der Waals surface area contributed by atoms with Crippen LogP contribution >= 0.6 is 0 Å². The van der Waals surface area contributed by atoms with E-state index in [1.807, 2.05) is 0 Å². The molecule has 9 N–H and O–H groups in total. The van der Waals surface area contributed by atoms with E-state index in [0.717, 1.165) is 6.07 Å². The second-order valence-electron chi connectivity index (χ2n) is 7.63. The Morgan fingerprint density at radius 1 is 1.00 bits per heavy atom. The van der Waals surface area contributed by atoms with E-state index in [1.165, 1.54) is 19.1 Å². The van der Waals surface area contributed by atoms with Gasteiger partial charge in [-0.3, -0.25) is 13.9 Å². The zero-order valence-electron chi connectivity index (χ0n) is 19.8. The van der Waals surface area contributed by atoms with Crippen LogP contribution in [0.3, 0.4) is 0 Å². The summed E-state index contributed by atoms with van der Waals surface area (Å²) < 4.78 is 73.1. The number of carbonyl (C=O) groups excluding carboxylic acids is 1. The average molecular weight is 573 g/mol. The standard InChI is InChI=1S/C21H23FN6O4S.H2O4S/c1-12-4-5-13(11-17(12)33(22,30)31)20(29)26-14-6-8-15(9-7-14)32-10-2-3-16-18(23)27-21(25)28-19(16)24;1-5(2,3)4/h4-9,11H,2-3,10H2,1H3,(H,26,29)(H6,23,24,25,27,28);(H2,1,2,3,4). The fraction of sp³-hybridized carbons (Fsp3) is 0.190. The van der Waals surface area contributed by atoms with Gasteiger partial charge in [0.2, 0.25) is 5.95 Å². The Balaban J connectivity index is 0.000000926. The number of ether oxygens (including phenoxy) is 1. The number of aromatic nitrogens is 2. The van der Waals surface area contributed by atoms with Crippen LogP contribution in [0.2, 0.25) is 0 Å². The third-order valence-corrected chi connectivity index (χ3v) is 5.72. The number of carbonyl (C=O) groups is 1. The van der Waals surface area contributed by atoms with Crippen molar-refractivity contribution in [2.45, 2.75) is 24.7 Å². The average Bonchev–Trinajstić information content (AvgIpc) is 2.77. The number of nitrogens with one attached hydrogen (secondary N) is 1. The van der Waals surface area contributed by atoms with Crippen LogP contribution in [0, 0.1) is 6.92 Å². The molecule has 1 amide bonds. The molecule has 14 nitrogen and oxygen atoms in total. The second kappa shape index (κ2) is 12.5. The van der Waals surface area contributed by atoms with Crippen LogP contribution in [-0.2, 0) is 27.0 Å². The van der Waals surface area contributed by atoms with Crippen molar-refractivity contribution in [1.29, 1.82) is 0 Å². The summed E-state index contributed by atoms with van der Waals surface area (Å²) in [5, 5.41) is 2.63. The Bertz CT molecular complexity index is 1490. The molecule has 0 aliphatic rings. The van der Waals surface area contributed by atoms with Crippen LogP contribution in [0.15, 0.2) is 47.4 Å². The van der Waals surface area contributed by atoms with Gasteiger partial charge in [-0.05, 0) is 61.7 Å². The Kier molecular flexibility index (Phi) is 9.89. The number of hydrogen-bond donors (Lipinski definition) is 6. The molecule has 0 fully saturated rings. The van der Waals surface area contributed by atoms with E-state index in [1.54, 1.807) is 24.3 Å². The predicted octanol–water partition coefficient (Wildman–Crippen LogP) is 1.80. The molecule has 206 valence electrons. The number of nitrogens with zero attached hydrogens (tertiary/aromatic N) is 2. The molecule has 38 heavy (non-hydrogen) atoms. The molecule has 3 rings (SSSR count). The normalized spacial score (nSPS) is 11.3. The first kappa shape index (κ1) is 30.2. The summed E-state index contributed by atoms with van der Waals surface area (Å²) in [6.07, 6.45) is 1.12. The van der Waals surface area contributed by atoms with Gasteiger partial charge in [0.1, 0.15) is 22.3 Å². The van der Waals surface area contributed by atoms with Crippen LogP contribution in [0.1, 0.15) is 27.9 Å². The summed E-state index contributed by atoms with van der Waals surface area (Å²) in [5.41, 5.74) is 18.4. The van der Waals surface area contributed by atoms with Gasteiger partial charge in [-0.25, -0.2) is 0 Å². The third kappa shape index (κ3) is 9.77. The highest BCUT2D eigenvalue weighted by atomic mass is 32.3. The summed E-state index contributed by atoms with van der Waals surface area (Å²) in [5.74, 6) is 0.500. The van der Waals surface area contributed by atoms with Gasteiger partial charge in [0, 0.05) is 16.8 Å². The summed E-state index contributed by atoms with van der Waals surface area (Å²) in [7, 11) is -9.59. The summed E-state index contributed by atoms with van der Waals surface area (Å²) >= 11 is 0. The minimum Gasteiger partial charge on any atom is -0.494 e. The molecule has 0 unspecified atom stereocenters. The number of nitrogen functional groups attached to an aromatic ring is 3. The molecule has 3 aromatic rings. The Morgan fingerprint density at radius 3 is 2.08 bits per heavy atom. The number of amides is 1. The van der Waals surface area contributed by atoms with Gasteiger partial charge in [-0.2, -0.15) is 26.8 Å². The Morgan fingerprint density at radius 2 is 1.55 bits per heavy atom. The molecule has 1 heterocycles. The van der Waals surface area contributed by atoms with Crippen molar-refractivity contribution in [3.8, 4) is 5.75 Å². The van der Waals surface area contributed by atoms with Crippen molar-refractivity contribution in [2.24, 2.45) is 0 Å². The van der Waals surface area contributed by atoms with Gasteiger partial charge in [-0.1, -0.05) is 6.07 Å². The summed E-state index contributed by atoms with van der Waals surface area (Å²) in [6, 6.07) is 10.4. The van der Waals surface area contributed by atoms with Crippen molar-refractivity contribution >= 4 is 49.8 Å². The molecule has 17 heteroatoms. The van der Waals surface area contributed by atoms with E-state index in [2.05, 4.69) is 15.3 Å². The van der Waals surface area contributed by atoms with E-state index < -0.39 is 31.4 Å². The molecular weight excluding hydrogens is 547 g/mol. The lowest BCUT2D eigenvalue weighted by molar-refractivity contribution is 0.102. The van der Waals surface area contributed by atoms with Crippen LogP contribution in [0.4, 0.5) is 27.2 Å². The number of nitrogens with two attached hydrogens (primary N) is 3. The van der Waals surface area contributed by atoms with Crippen LogP contribution in [0.5, 0.6) is 5.75 Å². The van der Waals surface area contributed by atoms with Crippen molar-refractivity contribution in [2.75, 3.05) is 29.1 Å². The zero-order chi connectivity index (χ0) is 28.7. The maximum Gasteiger partial charge on any atom is 0.394 e. The van der Waals surface area contributed by atoms with E-state index in [9.17, 15) is 17.1 Å². The van der Waals surface area contributed by atoms with Gasteiger partial charge in [-0.15, -0.1) is 3.89 Å². The van der Waals surface area contributed by atoms with E-state index in [0.29, 0.717) is 36.4 Å². The lowest BCUT2D eigenvalue weighted by Crippen LogP contribution is -2.13. The zero-order valence-corrected chi connectivity index (χ0v) is 21.5. The number of aryl methyl sites for hydroxylation is 1. The Labute approximate surface area is 217 Å². The molecule has 0 aliphatic heterocycles. The van der Waals surface area contributed by atoms with Crippen molar-refractivity contribution in [1.82, 2.24) is 9.97 Å². The SMILES string of the molecule is Cc1ccc(C(=O)Nc2ccc(OCCCc3c(N)nc(N)nc3N)cc2)cc1S(=O)(=O)F.O=S(=O)(O)O. The van der Waals surface area contributed by atoms with Gasteiger partial charge in [0.25, 0.3) is 5.91 Å². The van der Waals surface area contributed by atoms with Crippen molar-refractivity contribution in [3.05, 3.63) is 59.2 Å². The first-order chi connectivity index (χ1) is 17.5. The summed E-state index contributed by atoms with van der Waals surface area (Å²) in [6.45, 7) is 1.82. The highest BCUT2D eigenvalue weighted by Crippen LogP contribution is 2.22. The van der Waals surface area contributed by atoms with E-state index in [-0.39, 0.29) is 28.7 Å². The highest BCUT2D eigenvalue weighted by molar-refractivity contribution is 7.86. The monoisotopic (exact) mass is 572 g/mol. The number of rotatable bonds is 8. The fourth-order valence-electron chi connectivity index (χ4n) is 3.07. The topological polar surface area (TPSA) is 251 Å². The molecule has 2 aromatic carbocycles. The van der Waals surface area contributed by atoms with Gasteiger partial charge in [0.05, 0.1) is 6.61 Å². The molecule has 0 saturated carbocycles. The van der Waals surface area contributed by atoms with Crippen LogP contribution < -0.4 is 27.3 Å². The molecule has 0 saturated heterocycles. The molecule has 0 radical (unpaired) electrons. The van der Waals surface area contributed by atoms with Crippen LogP contribution in [0.25, 0.3) is 0 Å². The minimum atomic E-state index is -4.93. The van der Waals surface area contributed by atoms with Crippen molar-refractivity contribution in [3.63, 3.8) is 0 Å². The van der Waals surface area contributed by atoms with Gasteiger partial charge < -0.3 is 27.3 Å². The van der Waals surface area contributed by atoms with Gasteiger partial charge >= 0.3 is 20.6 Å². The fourth-order valence-corrected chi connectivity index (χ4v) is 3.80. The molecular formula is C21H25FN6O8S2. The van der Waals surface area contributed by atoms with Crippen molar-refractivity contribution < 1.29 is 39.4 Å². The molecule has 1 aromatic heterocycles. The second-order valence-corrected chi connectivity index (χ2v) is 9.84. The number of hydrogen-bond acceptors (Lipinski definition) is 11. The maximum absolute atomic E-state index is 13.4. The predicted molar refractivity (Wildman–Crippen MR) is 137 cm³/mol. The van der Waals surface area contributed by atoms with E-state index >= 15 is 0 Å². The largest absolute Gasteiger partial charge is 0.494 e. The maximum atomic E-state index is 13.4. The third-order valence-electron chi connectivity index (χ3n) is 4.75. The quantitative estimate of drug-likeness (QED) is 0.128. The molecule has 0 spiro atoms. The Hall–Kier alpha value is -4.06. The molecule has 0 atom stereocenters. The highest BCUT2D eigenvalue weighted by Gasteiger charge is 2.18. The lowest BCUT2D eigenvalue weighted by atomic mass is 10.1. The molecule has 0 bridgehead atoms.